The normalized spacial score (nSPS) is 10.4. The summed E-state index contributed by atoms with van der Waals surface area (Å²) in [6.07, 6.45) is 3.75. The van der Waals surface area contributed by atoms with Crippen molar-refractivity contribution in [2.45, 2.75) is 13.5 Å². The topological polar surface area (TPSA) is 99.0 Å². The number of aryl methyl sites for hydroxylation is 1. The van der Waals surface area contributed by atoms with E-state index >= 15 is 0 Å². The summed E-state index contributed by atoms with van der Waals surface area (Å²) in [7, 11) is 0. The Kier molecular flexibility index (Phi) is 3.65. The number of nitrogens with zero attached hydrogens (tertiary/aromatic N) is 3. The average Bonchev–Trinajstić information content (AvgIpc) is 2.75. The van der Waals surface area contributed by atoms with Crippen LogP contribution in [0.1, 0.15) is 5.56 Å². The van der Waals surface area contributed by atoms with Crippen LogP contribution in [-0.4, -0.2) is 21.2 Å². The number of nitro groups is 1. The molecular weight excluding hydrogens is 246 g/mol. The van der Waals surface area contributed by atoms with Gasteiger partial charge < -0.3 is 11.1 Å². The number of benzene rings is 1. The predicted octanol–water partition coefficient (Wildman–Crippen LogP) is 1.79. The molecular formula is C12H15N5O2. The van der Waals surface area contributed by atoms with Gasteiger partial charge in [-0.25, -0.2) is 0 Å². The van der Waals surface area contributed by atoms with Crippen LogP contribution in [0.3, 0.4) is 0 Å². The lowest BCUT2D eigenvalue weighted by molar-refractivity contribution is -0.383. The maximum atomic E-state index is 10.6. The zero-order valence-corrected chi connectivity index (χ0v) is 10.5. The van der Waals surface area contributed by atoms with E-state index in [1.165, 1.54) is 6.07 Å². The summed E-state index contributed by atoms with van der Waals surface area (Å²) >= 11 is 0. The number of nitrogens with one attached hydrogen (secondary N) is 1. The van der Waals surface area contributed by atoms with Crippen molar-refractivity contribution in [2.24, 2.45) is 0 Å². The second-order valence-electron chi connectivity index (χ2n) is 4.24. The van der Waals surface area contributed by atoms with Crippen LogP contribution in [0.25, 0.3) is 0 Å². The monoisotopic (exact) mass is 261 g/mol. The van der Waals surface area contributed by atoms with E-state index in [4.69, 9.17) is 5.73 Å². The van der Waals surface area contributed by atoms with Crippen molar-refractivity contribution in [3.05, 3.63) is 46.3 Å². The molecule has 1 heterocycles. The molecule has 7 heteroatoms. The molecule has 0 atom stereocenters. The van der Waals surface area contributed by atoms with Crippen molar-refractivity contribution < 1.29 is 4.92 Å². The zero-order valence-electron chi connectivity index (χ0n) is 10.5. The summed E-state index contributed by atoms with van der Waals surface area (Å²) in [5.41, 5.74) is 7.56. The number of hydrogen-bond donors (Lipinski definition) is 2. The van der Waals surface area contributed by atoms with Crippen LogP contribution >= 0.6 is 0 Å². The van der Waals surface area contributed by atoms with Crippen molar-refractivity contribution in [1.82, 2.24) is 9.78 Å². The maximum Gasteiger partial charge on any atom is 0.292 e. The van der Waals surface area contributed by atoms with Gasteiger partial charge >= 0.3 is 0 Å². The first-order valence-corrected chi connectivity index (χ1v) is 5.83. The van der Waals surface area contributed by atoms with Gasteiger partial charge in [-0.1, -0.05) is 0 Å². The fraction of sp³-hybridized carbons (Fsp3) is 0.250. The van der Waals surface area contributed by atoms with E-state index in [9.17, 15) is 10.1 Å². The number of nitro benzene ring substituents is 1. The summed E-state index contributed by atoms with van der Waals surface area (Å²) in [4.78, 5) is 10.1. The van der Waals surface area contributed by atoms with Gasteiger partial charge in [0.1, 0.15) is 5.69 Å². The first-order chi connectivity index (χ1) is 9.06. The van der Waals surface area contributed by atoms with Gasteiger partial charge in [-0.2, -0.15) is 5.10 Å². The highest BCUT2D eigenvalue weighted by atomic mass is 16.6. The Morgan fingerprint density at radius 3 is 2.89 bits per heavy atom. The first kappa shape index (κ1) is 12.9. The van der Waals surface area contributed by atoms with Gasteiger partial charge in [0, 0.05) is 24.5 Å². The second kappa shape index (κ2) is 5.38. The number of anilines is 2. The lowest BCUT2D eigenvalue weighted by Crippen LogP contribution is -2.11. The van der Waals surface area contributed by atoms with Crippen LogP contribution in [-0.2, 0) is 6.54 Å². The Hall–Kier alpha value is -2.57. The predicted molar refractivity (Wildman–Crippen MR) is 73.0 cm³/mol. The van der Waals surface area contributed by atoms with Crippen molar-refractivity contribution >= 4 is 17.1 Å². The highest BCUT2D eigenvalue weighted by Gasteiger charge is 2.10. The molecule has 0 saturated carbocycles. The zero-order chi connectivity index (χ0) is 13.8. The molecule has 0 fully saturated rings. The molecule has 0 aliphatic heterocycles. The highest BCUT2D eigenvalue weighted by molar-refractivity contribution is 5.65. The Morgan fingerprint density at radius 1 is 1.53 bits per heavy atom. The van der Waals surface area contributed by atoms with Gasteiger partial charge in [-0.3, -0.25) is 14.8 Å². The number of rotatable bonds is 5. The van der Waals surface area contributed by atoms with Crippen LogP contribution < -0.4 is 11.1 Å². The largest absolute Gasteiger partial charge is 0.393 e. The minimum atomic E-state index is -0.494. The molecule has 100 valence electrons. The van der Waals surface area contributed by atoms with Crippen LogP contribution in [0.5, 0.6) is 0 Å². The molecule has 0 saturated heterocycles. The average molecular weight is 261 g/mol. The van der Waals surface area contributed by atoms with E-state index in [-0.39, 0.29) is 11.4 Å². The quantitative estimate of drug-likeness (QED) is 0.485. The van der Waals surface area contributed by atoms with Crippen LogP contribution in [0.2, 0.25) is 0 Å². The van der Waals surface area contributed by atoms with E-state index in [0.717, 1.165) is 11.3 Å². The molecule has 7 nitrogen and oxygen atoms in total. The molecule has 2 aromatic rings. The van der Waals surface area contributed by atoms with Crippen molar-refractivity contribution in [3.63, 3.8) is 0 Å². The van der Waals surface area contributed by atoms with Gasteiger partial charge in [0.15, 0.2) is 0 Å². The minimum Gasteiger partial charge on any atom is -0.393 e. The molecule has 0 unspecified atom stereocenters. The first-order valence-electron chi connectivity index (χ1n) is 5.83. The molecule has 19 heavy (non-hydrogen) atoms. The summed E-state index contributed by atoms with van der Waals surface area (Å²) < 4.78 is 1.83. The van der Waals surface area contributed by atoms with Crippen LogP contribution in [0.4, 0.5) is 17.1 Å². The third-order valence-electron chi connectivity index (χ3n) is 2.66. The van der Waals surface area contributed by atoms with Crippen molar-refractivity contribution in [2.75, 3.05) is 17.6 Å². The molecule has 0 amide bonds. The van der Waals surface area contributed by atoms with Crippen molar-refractivity contribution in [3.8, 4) is 0 Å². The fourth-order valence-electron chi connectivity index (χ4n) is 1.73. The molecule has 1 aromatic heterocycles. The van der Waals surface area contributed by atoms with E-state index in [1.54, 1.807) is 18.3 Å². The third-order valence-corrected chi connectivity index (χ3v) is 2.66. The van der Waals surface area contributed by atoms with Crippen molar-refractivity contribution in [1.29, 1.82) is 0 Å². The molecule has 1 aromatic carbocycles. The lowest BCUT2D eigenvalue weighted by Gasteiger charge is -2.07. The van der Waals surface area contributed by atoms with E-state index in [0.29, 0.717) is 13.1 Å². The van der Waals surface area contributed by atoms with Crippen LogP contribution in [0, 0.1) is 17.0 Å². The molecule has 0 bridgehead atoms. The number of hydrogen-bond acceptors (Lipinski definition) is 5. The minimum absolute atomic E-state index is 0.0757. The molecule has 0 radical (unpaired) electrons. The third kappa shape index (κ3) is 3.21. The van der Waals surface area contributed by atoms with E-state index < -0.39 is 4.92 Å². The Labute approximate surface area is 110 Å². The smallest absolute Gasteiger partial charge is 0.292 e. The Morgan fingerprint density at radius 2 is 2.32 bits per heavy atom. The van der Waals surface area contributed by atoms with E-state index in [1.807, 2.05) is 17.8 Å². The molecule has 2 rings (SSSR count). The Bertz CT molecular complexity index is 594. The fourth-order valence-corrected chi connectivity index (χ4v) is 1.73. The summed E-state index contributed by atoms with van der Waals surface area (Å²) in [5.74, 6) is 0. The standard InChI is InChI=1S/C12H15N5O2/c1-9-7-15-16(8-9)5-4-14-10-2-3-12(17(18)19)11(13)6-10/h2-3,6-8,14H,4-5,13H2,1H3. The number of nitrogen functional groups attached to an aromatic ring is 1. The number of nitrogens with two attached hydrogens (primary N) is 1. The van der Waals surface area contributed by atoms with Crippen LogP contribution in [0.15, 0.2) is 30.6 Å². The van der Waals surface area contributed by atoms with Gasteiger partial charge in [0.05, 0.1) is 17.7 Å². The summed E-state index contributed by atoms with van der Waals surface area (Å²) in [6.45, 7) is 3.36. The van der Waals surface area contributed by atoms with E-state index in [2.05, 4.69) is 10.4 Å². The summed E-state index contributed by atoms with van der Waals surface area (Å²) in [5, 5.41) is 17.9. The SMILES string of the molecule is Cc1cnn(CCNc2ccc([N+](=O)[O-])c(N)c2)c1. The number of aromatic nitrogens is 2. The van der Waals surface area contributed by atoms with Gasteiger partial charge in [0.2, 0.25) is 0 Å². The van der Waals surface area contributed by atoms with Gasteiger partial charge in [0.25, 0.3) is 5.69 Å². The molecule has 0 spiro atoms. The van der Waals surface area contributed by atoms with Gasteiger partial charge in [-0.15, -0.1) is 0 Å². The maximum absolute atomic E-state index is 10.6. The second-order valence-corrected chi connectivity index (χ2v) is 4.24. The summed E-state index contributed by atoms with van der Waals surface area (Å²) in [6, 6.07) is 4.60. The molecule has 3 N–H and O–H groups in total. The Balaban J connectivity index is 1.93. The van der Waals surface area contributed by atoms with Gasteiger partial charge in [-0.05, 0) is 24.6 Å². The molecule has 0 aliphatic carbocycles. The molecule has 0 aliphatic rings. The highest BCUT2D eigenvalue weighted by Crippen LogP contribution is 2.24. The lowest BCUT2D eigenvalue weighted by atomic mass is 10.2.